The van der Waals surface area contributed by atoms with Crippen molar-refractivity contribution in [2.24, 2.45) is 0 Å². The maximum atomic E-state index is 12.1. The van der Waals surface area contributed by atoms with Crippen molar-refractivity contribution in [1.29, 1.82) is 0 Å². The number of aromatic nitrogens is 3. The summed E-state index contributed by atoms with van der Waals surface area (Å²) in [6.45, 7) is 2.76. The third-order valence-corrected chi connectivity index (χ3v) is 4.35. The molecular weight excluding hydrogens is 376 g/mol. The Balaban J connectivity index is 2.20. The number of benzene rings is 1. The van der Waals surface area contributed by atoms with Gasteiger partial charge in [0.2, 0.25) is 0 Å². The summed E-state index contributed by atoms with van der Waals surface area (Å²) in [5.41, 5.74) is 2.89. The van der Waals surface area contributed by atoms with Crippen LogP contribution < -0.4 is 0 Å². The Hall–Kier alpha value is -2.88. The normalized spacial score (nSPS) is 10.8. The first-order valence-electron chi connectivity index (χ1n) is 8.89. The summed E-state index contributed by atoms with van der Waals surface area (Å²) in [6.07, 6.45) is 3.31. The van der Waals surface area contributed by atoms with Gasteiger partial charge in [-0.3, -0.25) is 9.69 Å². The molecule has 0 bridgehead atoms. The molecule has 2 aromatic heterocycles. The molecule has 0 N–H and O–H groups in total. The first-order chi connectivity index (χ1) is 13.5. The Kier molecular flexibility index (Phi) is 6.30. The molecule has 2 heterocycles. The lowest BCUT2D eigenvalue weighted by Crippen LogP contribution is -2.13. The lowest BCUT2D eigenvalue weighted by Gasteiger charge is -2.04. The van der Waals surface area contributed by atoms with Crippen LogP contribution in [0, 0.1) is 11.8 Å². The van der Waals surface area contributed by atoms with Gasteiger partial charge in [0.25, 0.3) is 0 Å². The zero-order chi connectivity index (χ0) is 20.1. The highest BCUT2D eigenvalue weighted by Gasteiger charge is 2.18. The van der Waals surface area contributed by atoms with Crippen LogP contribution in [0.2, 0.25) is 5.02 Å². The lowest BCUT2D eigenvalue weighted by atomic mass is 10.0. The largest absolute Gasteiger partial charge is 0.465 e. The highest BCUT2D eigenvalue weighted by Crippen LogP contribution is 2.35. The summed E-state index contributed by atoms with van der Waals surface area (Å²) in [6, 6.07) is 7.54. The zero-order valence-corrected chi connectivity index (χ0v) is 16.8. The van der Waals surface area contributed by atoms with E-state index in [1.54, 1.807) is 11.5 Å². The van der Waals surface area contributed by atoms with E-state index in [1.165, 1.54) is 6.33 Å². The second-order valence-electron chi connectivity index (χ2n) is 6.42. The monoisotopic (exact) mass is 396 g/mol. The Bertz CT molecular complexity index is 1060. The summed E-state index contributed by atoms with van der Waals surface area (Å²) in [4.78, 5) is 22.8. The number of halogens is 1. The van der Waals surface area contributed by atoms with E-state index in [4.69, 9.17) is 16.3 Å². The lowest BCUT2D eigenvalue weighted by molar-refractivity contribution is -0.143. The van der Waals surface area contributed by atoms with Crippen molar-refractivity contribution >= 4 is 28.6 Å². The number of hydrogen-bond acceptors (Lipinski definition) is 5. The van der Waals surface area contributed by atoms with Crippen LogP contribution >= 0.6 is 11.6 Å². The summed E-state index contributed by atoms with van der Waals surface area (Å²) in [5.74, 6) is 5.90. The van der Waals surface area contributed by atoms with Gasteiger partial charge < -0.3 is 9.30 Å². The fourth-order valence-corrected chi connectivity index (χ4v) is 3.09. The number of rotatable bonds is 5. The summed E-state index contributed by atoms with van der Waals surface area (Å²) in [5, 5.41) is 1.37. The number of fused-ring (bicyclic) bond motifs is 1. The second kappa shape index (κ2) is 8.87. The molecule has 3 aromatic rings. The predicted molar refractivity (Wildman–Crippen MR) is 110 cm³/mol. The fourth-order valence-electron chi connectivity index (χ4n) is 2.85. The van der Waals surface area contributed by atoms with Gasteiger partial charge in [0.15, 0.2) is 0 Å². The van der Waals surface area contributed by atoms with Gasteiger partial charge in [0.05, 0.1) is 18.5 Å². The van der Waals surface area contributed by atoms with Crippen LogP contribution in [0.3, 0.4) is 0 Å². The maximum absolute atomic E-state index is 12.1. The van der Waals surface area contributed by atoms with Crippen molar-refractivity contribution in [3.63, 3.8) is 0 Å². The minimum atomic E-state index is -0.330. The summed E-state index contributed by atoms with van der Waals surface area (Å²) >= 11 is 6.44. The molecule has 0 saturated heterocycles. The molecule has 0 radical (unpaired) electrons. The van der Waals surface area contributed by atoms with Crippen LogP contribution in [0.5, 0.6) is 0 Å². The van der Waals surface area contributed by atoms with Gasteiger partial charge in [0, 0.05) is 22.3 Å². The number of nitrogens with zero attached hydrogens (tertiary/aromatic N) is 4. The molecule has 0 spiro atoms. The number of hydrogen-bond donors (Lipinski definition) is 0. The highest BCUT2D eigenvalue weighted by atomic mass is 35.5. The van der Waals surface area contributed by atoms with Crippen LogP contribution in [-0.2, 0) is 16.1 Å². The molecule has 0 fully saturated rings. The fraction of sp³-hybridized carbons (Fsp3) is 0.286. The molecule has 7 heteroatoms. The standard InChI is InChI=1S/C21H21ClN4O2/c1-4-28-19(27)13-26-12-16(15-8-5-6-9-17(15)22)20-18(10-7-11-25(2)3)23-14-24-21(20)26/h5-6,8-9,12,14H,4,11,13H2,1-3H3. The van der Waals surface area contributed by atoms with Crippen molar-refractivity contribution in [2.45, 2.75) is 13.5 Å². The van der Waals surface area contributed by atoms with Gasteiger partial charge in [-0.05, 0) is 33.0 Å². The smallest absolute Gasteiger partial charge is 0.325 e. The maximum Gasteiger partial charge on any atom is 0.325 e. The average Bonchev–Trinajstić information content (AvgIpc) is 3.01. The minimum Gasteiger partial charge on any atom is -0.465 e. The molecule has 28 heavy (non-hydrogen) atoms. The van der Waals surface area contributed by atoms with Crippen molar-refractivity contribution in [3.05, 3.63) is 47.5 Å². The molecule has 3 rings (SSSR count). The Labute approximate surface area is 169 Å². The third-order valence-electron chi connectivity index (χ3n) is 4.02. The molecule has 144 valence electrons. The number of esters is 1. The summed E-state index contributed by atoms with van der Waals surface area (Å²) in [7, 11) is 3.91. The molecule has 0 aliphatic carbocycles. The SMILES string of the molecule is CCOC(=O)Cn1cc(-c2ccccc2Cl)c2c(C#CCN(C)C)ncnc21. The Morgan fingerprint density at radius 1 is 1.25 bits per heavy atom. The van der Waals surface area contributed by atoms with Gasteiger partial charge in [-0.25, -0.2) is 9.97 Å². The first kappa shape index (κ1) is 19.9. The van der Waals surface area contributed by atoms with E-state index in [1.807, 2.05) is 49.5 Å². The van der Waals surface area contributed by atoms with Crippen LogP contribution in [0.25, 0.3) is 22.2 Å². The van der Waals surface area contributed by atoms with Gasteiger partial charge in [0.1, 0.15) is 24.2 Å². The molecule has 0 amide bonds. The molecule has 6 nitrogen and oxygen atoms in total. The molecule has 0 aliphatic heterocycles. The third kappa shape index (κ3) is 4.33. The van der Waals surface area contributed by atoms with E-state index < -0.39 is 0 Å². The van der Waals surface area contributed by atoms with Gasteiger partial charge >= 0.3 is 5.97 Å². The van der Waals surface area contributed by atoms with E-state index in [2.05, 4.69) is 21.8 Å². The van der Waals surface area contributed by atoms with Crippen LogP contribution in [-0.4, -0.2) is 52.7 Å². The van der Waals surface area contributed by atoms with Crippen molar-refractivity contribution in [1.82, 2.24) is 19.4 Å². The van der Waals surface area contributed by atoms with Gasteiger partial charge in [-0.15, -0.1) is 0 Å². The summed E-state index contributed by atoms with van der Waals surface area (Å²) < 4.78 is 6.85. The van der Waals surface area contributed by atoms with Gasteiger partial charge in [-0.2, -0.15) is 0 Å². The molecule has 0 atom stereocenters. The van der Waals surface area contributed by atoms with Crippen molar-refractivity contribution in [2.75, 3.05) is 27.2 Å². The minimum absolute atomic E-state index is 0.0520. The van der Waals surface area contributed by atoms with E-state index in [0.29, 0.717) is 29.5 Å². The molecule has 1 aromatic carbocycles. The van der Waals surface area contributed by atoms with Crippen LogP contribution in [0.1, 0.15) is 12.6 Å². The number of carbonyl (C=O) groups excluding carboxylic acids is 1. The average molecular weight is 397 g/mol. The predicted octanol–water partition coefficient (Wildman–Crippen LogP) is 3.23. The van der Waals surface area contributed by atoms with Crippen LogP contribution in [0.4, 0.5) is 0 Å². The van der Waals surface area contributed by atoms with Crippen LogP contribution in [0.15, 0.2) is 36.8 Å². The first-order valence-corrected chi connectivity index (χ1v) is 9.27. The van der Waals surface area contributed by atoms with Gasteiger partial charge in [-0.1, -0.05) is 35.7 Å². The number of carbonyl (C=O) groups is 1. The molecular formula is C21H21ClN4O2. The molecule has 0 saturated carbocycles. The molecule has 0 unspecified atom stereocenters. The van der Waals surface area contributed by atoms with E-state index in [-0.39, 0.29) is 12.5 Å². The quantitative estimate of drug-likeness (QED) is 0.489. The Morgan fingerprint density at radius 3 is 2.75 bits per heavy atom. The van der Waals surface area contributed by atoms with Crippen molar-refractivity contribution < 1.29 is 9.53 Å². The van der Waals surface area contributed by atoms with E-state index >= 15 is 0 Å². The molecule has 0 aliphatic rings. The zero-order valence-electron chi connectivity index (χ0n) is 16.1. The van der Waals surface area contributed by atoms with E-state index in [0.717, 1.165) is 16.5 Å². The van der Waals surface area contributed by atoms with E-state index in [9.17, 15) is 4.79 Å². The second-order valence-corrected chi connectivity index (χ2v) is 6.82. The highest BCUT2D eigenvalue weighted by molar-refractivity contribution is 6.33. The van der Waals surface area contributed by atoms with Crippen molar-refractivity contribution in [3.8, 4) is 23.0 Å². The topological polar surface area (TPSA) is 60.2 Å². The number of ether oxygens (including phenoxy) is 1. The Morgan fingerprint density at radius 2 is 2.04 bits per heavy atom.